The molecule has 0 aliphatic rings. The number of nitrogens with zero attached hydrogens (tertiary/aromatic N) is 1. The van der Waals surface area contributed by atoms with Gasteiger partial charge in [0.2, 0.25) is 0 Å². The van der Waals surface area contributed by atoms with Gasteiger partial charge in [0, 0.05) is 19.6 Å². The van der Waals surface area contributed by atoms with Crippen LogP contribution in [0.2, 0.25) is 0 Å². The van der Waals surface area contributed by atoms with Crippen molar-refractivity contribution < 1.29 is 9.90 Å². The second kappa shape index (κ2) is 6.12. The van der Waals surface area contributed by atoms with Gasteiger partial charge in [0.1, 0.15) is 0 Å². The van der Waals surface area contributed by atoms with E-state index < -0.39 is 5.97 Å². The lowest BCUT2D eigenvalue weighted by Gasteiger charge is -2.17. The molecule has 0 unspecified atom stereocenters. The van der Waals surface area contributed by atoms with Gasteiger partial charge in [-0.1, -0.05) is 6.92 Å². The maximum absolute atomic E-state index is 10.2. The van der Waals surface area contributed by atoms with Crippen LogP contribution in [-0.4, -0.2) is 42.2 Å². The molecular formula is C7H16N2O2. The van der Waals surface area contributed by atoms with Gasteiger partial charge >= 0.3 is 5.97 Å². The highest BCUT2D eigenvalue weighted by Gasteiger charge is 2.03. The molecule has 4 heteroatoms. The number of likely N-dealkylation sites (N-methyl/N-ethyl adjacent to an activating group) is 1. The molecule has 3 N–H and O–H groups in total. The van der Waals surface area contributed by atoms with E-state index in [-0.39, 0.29) is 6.42 Å². The minimum atomic E-state index is -0.750. The Balaban J connectivity index is 3.43. The third kappa shape index (κ3) is 5.82. The molecule has 0 bridgehead atoms. The summed E-state index contributed by atoms with van der Waals surface area (Å²) in [7, 11) is 0. The third-order valence-electron chi connectivity index (χ3n) is 1.53. The molecule has 0 saturated heterocycles. The summed E-state index contributed by atoms with van der Waals surface area (Å²) in [5.74, 6) is -0.750. The van der Waals surface area contributed by atoms with E-state index in [1.54, 1.807) is 0 Å². The predicted octanol–water partition coefficient (Wildman–Crippen LogP) is -0.258. The first-order valence-electron chi connectivity index (χ1n) is 3.85. The normalized spacial score (nSPS) is 10.5. The molecule has 0 saturated carbocycles. The van der Waals surface area contributed by atoms with E-state index in [4.69, 9.17) is 10.8 Å². The Kier molecular flexibility index (Phi) is 5.78. The van der Waals surface area contributed by atoms with Gasteiger partial charge in [-0.3, -0.25) is 4.79 Å². The molecule has 0 atom stereocenters. The van der Waals surface area contributed by atoms with E-state index in [9.17, 15) is 4.79 Å². The zero-order valence-corrected chi connectivity index (χ0v) is 6.92. The monoisotopic (exact) mass is 160 g/mol. The number of hydrogen-bond acceptors (Lipinski definition) is 3. The summed E-state index contributed by atoms with van der Waals surface area (Å²) >= 11 is 0. The van der Waals surface area contributed by atoms with Crippen LogP contribution in [0.5, 0.6) is 0 Å². The molecule has 66 valence electrons. The average Bonchev–Trinajstić information content (AvgIpc) is 1.97. The van der Waals surface area contributed by atoms with Crippen LogP contribution in [0.3, 0.4) is 0 Å². The molecule has 0 radical (unpaired) electrons. The molecular weight excluding hydrogens is 144 g/mol. The Morgan fingerprint density at radius 3 is 2.55 bits per heavy atom. The summed E-state index contributed by atoms with van der Waals surface area (Å²) in [6.45, 7) is 4.84. The largest absolute Gasteiger partial charge is 0.481 e. The fourth-order valence-corrected chi connectivity index (χ4v) is 0.864. The molecule has 0 aromatic heterocycles. The second-order valence-corrected chi connectivity index (χ2v) is 2.37. The maximum Gasteiger partial charge on any atom is 0.304 e. The molecule has 0 aromatic rings. The van der Waals surface area contributed by atoms with Gasteiger partial charge in [0.05, 0.1) is 6.42 Å². The molecule has 0 spiro atoms. The van der Waals surface area contributed by atoms with Crippen LogP contribution in [-0.2, 0) is 4.79 Å². The van der Waals surface area contributed by atoms with E-state index in [0.717, 1.165) is 13.1 Å². The highest BCUT2D eigenvalue weighted by Crippen LogP contribution is 1.89. The van der Waals surface area contributed by atoms with Crippen LogP contribution in [0.4, 0.5) is 0 Å². The van der Waals surface area contributed by atoms with Crippen molar-refractivity contribution in [3.8, 4) is 0 Å². The molecule has 4 nitrogen and oxygen atoms in total. The van der Waals surface area contributed by atoms with Crippen molar-refractivity contribution in [2.24, 2.45) is 5.73 Å². The first-order chi connectivity index (χ1) is 5.20. The highest BCUT2D eigenvalue weighted by atomic mass is 16.4. The molecule has 0 amide bonds. The second-order valence-electron chi connectivity index (χ2n) is 2.37. The Morgan fingerprint density at radius 2 is 2.18 bits per heavy atom. The fraction of sp³-hybridized carbons (Fsp3) is 0.857. The van der Waals surface area contributed by atoms with Crippen molar-refractivity contribution in [3.05, 3.63) is 0 Å². The van der Waals surface area contributed by atoms with E-state index >= 15 is 0 Å². The lowest BCUT2D eigenvalue weighted by atomic mass is 10.3. The van der Waals surface area contributed by atoms with Gasteiger partial charge in [0.15, 0.2) is 0 Å². The van der Waals surface area contributed by atoms with Crippen LogP contribution in [0, 0.1) is 0 Å². The summed E-state index contributed by atoms with van der Waals surface area (Å²) in [4.78, 5) is 12.2. The number of carbonyl (C=O) groups is 1. The highest BCUT2D eigenvalue weighted by molar-refractivity contribution is 5.66. The average molecular weight is 160 g/mol. The van der Waals surface area contributed by atoms with Gasteiger partial charge in [-0.15, -0.1) is 0 Å². The van der Waals surface area contributed by atoms with E-state index in [1.807, 2.05) is 11.8 Å². The topological polar surface area (TPSA) is 66.6 Å². The van der Waals surface area contributed by atoms with Crippen molar-refractivity contribution in [1.82, 2.24) is 4.90 Å². The van der Waals surface area contributed by atoms with Crippen LogP contribution in [0.25, 0.3) is 0 Å². The lowest BCUT2D eigenvalue weighted by Crippen LogP contribution is -2.31. The third-order valence-corrected chi connectivity index (χ3v) is 1.53. The minimum absolute atomic E-state index is 0.202. The molecule has 0 aliphatic heterocycles. The molecule has 0 rings (SSSR count). The summed E-state index contributed by atoms with van der Waals surface area (Å²) in [5, 5.41) is 8.37. The maximum atomic E-state index is 10.2. The van der Waals surface area contributed by atoms with E-state index in [0.29, 0.717) is 13.1 Å². The van der Waals surface area contributed by atoms with Crippen molar-refractivity contribution in [3.63, 3.8) is 0 Å². The van der Waals surface area contributed by atoms with Crippen LogP contribution < -0.4 is 5.73 Å². The van der Waals surface area contributed by atoms with Gasteiger partial charge in [-0.2, -0.15) is 0 Å². The van der Waals surface area contributed by atoms with Gasteiger partial charge in [0.25, 0.3) is 0 Å². The Bertz CT molecular complexity index is 117. The van der Waals surface area contributed by atoms with Gasteiger partial charge in [-0.05, 0) is 6.54 Å². The quantitative estimate of drug-likeness (QED) is 0.562. The number of rotatable bonds is 6. The summed E-state index contributed by atoms with van der Waals surface area (Å²) in [5.41, 5.74) is 5.32. The standard InChI is InChI=1S/C7H16N2O2/c1-2-9(6-4-8)5-3-7(10)11/h2-6,8H2,1H3,(H,10,11). The van der Waals surface area contributed by atoms with Crippen LogP contribution in [0.15, 0.2) is 0 Å². The Morgan fingerprint density at radius 1 is 1.55 bits per heavy atom. The van der Waals surface area contributed by atoms with Gasteiger partial charge < -0.3 is 15.7 Å². The SMILES string of the molecule is CCN(CCN)CCC(=O)O. The van der Waals surface area contributed by atoms with Gasteiger partial charge in [-0.25, -0.2) is 0 Å². The van der Waals surface area contributed by atoms with E-state index in [2.05, 4.69) is 0 Å². The zero-order valence-electron chi connectivity index (χ0n) is 6.92. The number of carboxylic acids is 1. The molecule has 0 aliphatic carbocycles. The van der Waals surface area contributed by atoms with E-state index in [1.165, 1.54) is 0 Å². The van der Waals surface area contributed by atoms with Crippen LogP contribution in [0.1, 0.15) is 13.3 Å². The lowest BCUT2D eigenvalue weighted by molar-refractivity contribution is -0.137. The molecule has 0 fully saturated rings. The van der Waals surface area contributed by atoms with Crippen molar-refractivity contribution in [1.29, 1.82) is 0 Å². The molecule has 0 heterocycles. The van der Waals surface area contributed by atoms with Crippen molar-refractivity contribution in [2.45, 2.75) is 13.3 Å². The number of nitrogens with two attached hydrogens (primary N) is 1. The zero-order chi connectivity index (χ0) is 8.69. The number of aliphatic carboxylic acids is 1. The molecule has 11 heavy (non-hydrogen) atoms. The van der Waals surface area contributed by atoms with Crippen molar-refractivity contribution >= 4 is 5.97 Å². The number of carboxylic acid groups (broad SMARTS) is 1. The van der Waals surface area contributed by atoms with Crippen LogP contribution >= 0.6 is 0 Å². The smallest absolute Gasteiger partial charge is 0.304 e. The first-order valence-corrected chi connectivity index (χ1v) is 3.85. The minimum Gasteiger partial charge on any atom is -0.481 e. The summed E-state index contributed by atoms with van der Waals surface area (Å²) in [6, 6.07) is 0. The van der Waals surface area contributed by atoms with Crippen molar-refractivity contribution in [2.75, 3.05) is 26.2 Å². The first kappa shape index (κ1) is 10.4. The molecule has 0 aromatic carbocycles. The Labute approximate surface area is 67.0 Å². The summed E-state index contributed by atoms with van der Waals surface area (Å²) < 4.78 is 0. The Hall–Kier alpha value is -0.610. The fourth-order valence-electron chi connectivity index (χ4n) is 0.864. The number of hydrogen-bond donors (Lipinski definition) is 2. The predicted molar refractivity (Wildman–Crippen MR) is 43.4 cm³/mol. The summed E-state index contributed by atoms with van der Waals surface area (Å²) in [6.07, 6.45) is 0.202.